The third-order valence-corrected chi connectivity index (χ3v) is 4.54. The summed E-state index contributed by atoms with van der Waals surface area (Å²) in [6, 6.07) is 5.97. The number of carbonyl (C=O) groups is 1. The molecule has 0 bridgehead atoms. The maximum Gasteiger partial charge on any atom is 0.227 e. The number of ether oxygens (including phenoxy) is 1. The number of aryl methyl sites for hydroxylation is 2. The highest BCUT2D eigenvalue weighted by atomic mass is 32.2. The molecule has 6 nitrogen and oxygen atoms in total. The molecule has 0 saturated heterocycles. The fourth-order valence-corrected chi connectivity index (χ4v) is 2.88. The number of thioether (sulfide) groups is 1. The molecule has 0 radical (unpaired) electrons. The molecule has 1 aromatic carbocycles. The van der Waals surface area contributed by atoms with Crippen LogP contribution < -0.4 is 10.5 Å². The van der Waals surface area contributed by atoms with E-state index in [-0.39, 0.29) is 11.9 Å². The van der Waals surface area contributed by atoms with Crippen LogP contribution in [0.25, 0.3) is 0 Å². The minimum atomic E-state index is -0.394. The van der Waals surface area contributed by atoms with Crippen LogP contribution in [0.4, 0.5) is 0 Å². The Hall–Kier alpha value is -2.28. The van der Waals surface area contributed by atoms with E-state index in [2.05, 4.69) is 23.7 Å². The van der Waals surface area contributed by atoms with Gasteiger partial charge in [0.15, 0.2) is 17.1 Å². The van der Waals surface area contributed by atoms with Crippen molar-refractivity contribution < 1.29 is 9.53 Å². The predicted octanol–water partition coefficient (Wildman–Crippen LogP) is 2.80. The van der Waals surface area contributed by atoms with Gasteiger partial charge in [0.25, 0.3) is 0 Å². The van der Waals surface area contributed by atoms with Crippen molar-refractivity contribution in [1.29, 1.82) is 0 Å². The van der Waals surface area contributed by atoms with Gasteiger partial charge in [-0.15, -0.1) is 16.8 Å². The Labute approximate surface area is 146 Å². The summed E-state index contributed by atoms with van der Waals surface area (Å²) >= 11 is 1.26. The Kier molecular flexibility index (Phi) is 6.03. The lowest BCUT2D eigenvalue weighted by atomic mass is 10.1. The zero-order valence-corrected chi connectivity index (χ0v) is 15.0. The minimum absolute atomic E-state index is 0.154. The van der Waals surface area contributed by atoms with Crippen molar-refractivity contribution in [3.05, 3.63) is 47.8 Å². The molecule has 0 saturated carbocycles. The van der Waals surface area contributed by atoms with E-state index in [0.717, 1.165) is 5.75 Å². The van der Waals surface area contributed by atoms with Gasteiger partial charge >= 0.3 is 0 Å². The number of rotatable bonds is 8. The van der Waals surface area contributed by atoms with Crippen LogP contribution in [0.3, 0.4) is 0 Å². The topological polar surface area (TPSA) is 83.0 Å². The molecule has 128 valence electrons. The van der Waals surface area contributed by atoms with Crippen LogP contribution in [0.2, 0.25) is 0 Å². The Morgan fingerprint density at radius 1 is 1.42 bits per heavy atom. The molecule has 0 aliphatic heterocycles. The summed E-state index contributed by atoms with van der Waals surface area (Å²) < 4.78 is 7.88. The summed E-state index contributed by atoms with van der Waals surface area (Å²) in [5, 5.41) is 8.98. The Morgan fingerprint density at radius 2 is 2.17 bits per heavy atom. The van der Waals surface area contributed by atoms with Crippen LogP contribution in [0.15, 0.2) is 36.0 Å². The Balaban J connectivity index is 2.20. The normalized spacial score (nSPS) is 12.0. The van der Waals surface area contributed by atoms with E-state index in [1.165, 1.54) is 22.9 Å². The van der Waals surface area contributed by atoms with E-state index in [0.29, 0.717) is 17.5 Å². The molecular formula is C17H22N4O2S. The predicted molar refractivity (Wildman–Crippen MR) is 95.1 cm³/mol. The standard InChI is InChI=1S/C17H22N4O2S/c1-5-8-21-16(19-20-17(21)24-10-15(18)22)13(4)23-14-7-6-11(2)12(3)9-14/h5-7,9,13H,1,8,10H2,2-4H3,(H2,18,22)/t13-/m1/s1. The highest BCUT2D eigenvalue weighted by molar-refractivity contribution is 7.99. The fraction of sp³-hybridized carbons (Fsp3) is 0.353. The maximum atomic E-state index is 11.0. The van der Waals surface area contributed by atoms with Crippen molar-refractivity contribution in [1.82, 2.24) is 14.8 Å². The molecule has 0 aliphatic carbocycles. The summed E-state index contributed by atoms with van der Waals surface area (Å²) in [6.45, 7) is 10.3. The summed E-state index contributed by atoms with van der Waals surface area (Å²) in [7, 11) is 0. The molecule has 1 aromatic heterocycles. The molecule has 0 spiro atoms. The van der Waals surface area contributed by atoms with E-state index in [1.807, 2.05) is 36.6 Å². The molecular weight excluding hydrogens is 324 g/mol. The second-order valence-electron chi connectivity index (χ2n) is 5.50. The van der Waals surface area contributed by atoms with E-state index in [4.69, 9.17) is 10.5 Å². The third-order valence-electron chi connectivity index (χ3n) is 3.56. The number of hydrogen-bond acceptors (Lipinski definition) is 5. The second kappa shape index (κ2) is 8.01. The molecule has 2 rings (SSSR count). The lowest BCUT2D eigenvalue weighted by Gasteiger charge is -2.16. The molecule has 0 aliphatic rings. The number of nitrogens with zero attached hydrogens (tertiary/aromatic N) is 3. The van der Waals surface area contributed by atoms with Gasteiger partial charge in [-0.1, -0.05) is 23.9 Å². The van der Waals surface area contributed by atoms with Gasteiger partial charge < -0.3 is 10.5 Å². The smallest absolute Gasteiger partial charge is 0.227 e. The average Bonchev–Trinajstić information content (AvgIpc) is 2.92. The van der Waals surface area contributed by atoms with E-state index < -0.39 is 5.91 Å². The SMILES string of the molecule is C=CCn1c(SCC(N)=O)nnc1[C@@H](C)Oc1ccc(C)c(C)c1. The van der Waals surface area contributed by atoms with Crippen molar-refractivity contribution in [2.24, 2.45) is 5.73 Å². The minimum Gasteiger partial charge on any atom is -0.483 e. The zero-order chi connectivity index (χ0) is 17.7. The number of aromatic nitrogens is 3. The second-order valence-corrected chi connectivity index (χ2v) is 6.44. The van der Waals surface area contributed by atoms with Crippen LogP contribution in [0, 0.1) is 13.8 Å². The molecule has 1 heterocycles. The lowest BCUT2D eigenvalue weighted by molar-refractivity contribution is -0.115. The van der Waals surface area contributed by atoms with Crippen molar-refractivity contribution in [2.45, 2.75) is 38.6 Å². The molecule has 0 fully saturated rings. The Bertz CT molecular complexity index is 742. The van der Waals surface area contributed by atoms with E-state index in [1.54, 1.807) is 6.08 Å². The largest absolute Gasteiger partial charge is 0.483 e. The van der Waals surface area contributed by atoms with Crippen molar-refractivity contribution in [3.63, 3.8) is 0 Å². The monoisotopic (exact) mass is 346 g/mol. The van der Waals surface area contributed by atoms with E-state index in [9.17, 15) is 4.79 Å². The lowest BCUT2D eigenvalue weighted by Crippen LogP contribution is -2.15. The summed E-state index contributed by atoms with van der Waals surface area (Å²) in [5.41, 5.74) is 7.59. The number of nitrogens with two attached hydrogens (primary N) is 1. The first kappa shape index (κ1) is 18.1. The van der Waals surface area contributed by atoms with Gasteiger partial charge in [-0.3, -0.25) is 9.36 Å². The van der Waals surface area contributed by atoms with Gasteiger partial charge in [0.2, 0.25) is 5.91 Å². The summed E-state index contributed by atoms with van der Waals surface area (Å²) in [5.74, 6) is 1.22. The van der Waals surface area contributed by atoms with Crippen molar-refractivity contribution in [3.8, 4) is 5.75 Å². The number of benzene rings is 1. The first-order valence-corrected chi connectivity index (χ1v) is 8.60. The zero-order valence-electron chi connectivity index (χ0n) is 14.2. The van der Waals surface area contributed by atoms with E-state index >= 15 is 0 Å². The van der Waals surface area contributed by atoms with Gasteiger partial charge in [0, 0.05) is 6.54 Å². The molecule has 1 atom stereocenters. The van der Waals surface area contributed by atoms with Gasteiger partial charge in [0.05, 0.1) is 5.75 Å². The number of amides is 1. The number of carbonyl (C=O) groups excluding carboxylic acids is 1. The molecule has 1 amide bonds. The number of allylic oxidation sites excluding steroid dienone is 1. The van der Waals surface area contributed by atoms with Gasteiger partial charge in [0.1, 0.15) is 5.75 Å². The van der Waals surface area contributed by atoms with Crippen LogP contribution in [-0.2, 0) is 11.3 Å². The quantitative estimate of drug-likeness (QED) is 0.587. The molecule has 2 N–H and O–H groups in total. The van der Waals surface area contributed by atoms with Crippen LogP contribution in [0.5, 0.6) is 5.75 Å². The van der Waals surface area contributed by atoms with Gasteiger partial charge in [-0.05, 0) is 44.0 Å². The molecule has 7 heteroatoms. The van der Waals surface area contributed by atoms with Crippen LogP contribution in [0.1, 0.15) is 30.0 Å². The highest BCUT2D eigenvalue weighted by Gasteiger charge is 2.19. The maximum absolute atomic E-state index is 11.0. The Morgan fingerprint density at radius 3 is 2.79 bits per heavy atom. The van der Waals surface area contributed by atoms with Crippen molar-refractivity contribution in [2.75, 3.05) is 5.75 Å². The third kappa shape index (κ3) is 4.38. The molecule has 0 unspecified atom stereocenters. The van der Waals surface area contributed by atoms with Crippen molar-refractivity contribution >= 4 is 17.7 Å². The fourth-order valence-electron chi connectivity index (χ4n) is 2.19. The van der Waals surface area contributed by atoms with Crippen LogP contribution in [-0.4, -0.2) is 26.4 Å². The highest BCUT2D eigenvalue weighted by Crippen LogP contribution is 2.25. The summed E-state index contributed by atoms with van der Waals surface area (Å²) in [6.07, 6.45) is 1.46. The first-order chi connectivity index (χ1) is 11.4. The van der Waals surface area contributed by atoms with Crippen LogP contribution >= 0.6 is 11.8 Å². The van der Waals surface area contributed by atoms with Gasteiger partial charge in [-0.2, -0.15) is 0 Å². The van der Waals surface area contributed by atoms with Gasteiger partial charge in [-0.25, -0.2) is 0 Å². The molecule has 2 aromatic rings. The first-order valence-electron chi connectivity index (χ1n) is 7.61. The number of hydrogen-bond donors (Lipinski definition) is 1. The summed E-state index contributed by atoms with van der Waals surface area (Å²) in [4.78, 5) is 11.0. The number of primary amides is 1. The average molecular weight is 346 g/mol. The molecule has 24 heavy (non-hydrogen) atoms.